The van der Waals surface area contributed by atoms with Gasteiger partial charge in [-0.1, -0.05) is 6.07 Å². The molecule has 0 aliphatic rings. The molecule has 0 spiro atoms. The molecule has 3 rings (SSSR count). The molecule has 0 aliphatic carbocycles. The number of pyridine rings is 1. The molecule has 3 aromatic rings. The summed E-state index contributed by atoms with van der Waals surface area (Å²) in [6.07, 6.45) is 3.48. The van der Waals surface area contributed by atoms with Crippen molar-refractivity contribution in [2.24, 2.45) is 0 Å². The minimum absolute atomic E-state index is 0.282. The van der Waals surface area contributed by atoms with Crippen LogP contribution in [0.1, 0.15) is 5.56 Å². The molecular formula is C16H13BrFN3. The normalized spacial score (nSPS) is 10.8. The van der Waals surface area contributed by atoms with Crippen LogP contribution in [0.2, 0.25) is 0 Å². The molecule has 1 aromatic heterocycles. The molecule has 0 fully saturated rings. The van der Waals surface area contributed by atoms with Crippen LogP contribution in [0, 0.1) is 12.7 Å². The van der Waals surface area contributed by atoms with Crippen molar-refractivity contribution in [2.45, 2.75) is 6.92 Å². The zero-order valence-corrected chi connectivity index (χ0v) is 12.9. The molecule has 0 atom stereocenters. The van der Waals surface area contributed by atoms with Crippen molar-refractivity contribution >= 4 is 43.8 Å². The Morgan fingerprint density at radius 2 is 2.00 bits per heavy atom. The number of nitrogens with zero attached hydrogens (tertiary/aromatic N) is 1. The molecule has 3 N–H and O–H groups in total. The van der Waals surface area contributed by atoms with Crippen LogP contribution in [0.25, 0.3) is 10.8 Å². The topological polar surface area (TPSA) is 50.9 Å². The number of fused-ring (bicyclic) bond motifs is 1. The SMILES string of the molecule is Cc1cc(F)c(Br)cc1Nc1ccc2cnccc2c1N. The number of nitrogen functional groups attached to an aromatic ring is 1. The third kappa shape index (κ3) is 2.56. The monoisotopic (exact) mass is 345 g/mol. The van der Waals surface area contributed by atoms with Crippen LogP contribution >= 0.6 is 15.9 Å². The first-order chi connectivity index (χ1) is 10.1. The van der Waals surface area contributed by atoms with E-state index < -0.39 is 0 Å². The van der Waals surface area contributed by atoms with E-state index in [1.165, 1.54) is 6.07 Å². The van der Waals surface area contributed by atoms with Gasteiger partial charge in [-0.2, -0.15) is 0 Å². The highest BCUT2D eigenvalue weighted by Gasteiger charge is 2.09. The van der Waals surface area contributed by atoms with Gasteiger partial charge in [-0.05, 0) is 52.7 Å². The molecule has 0 aliphatic heterocycles. The number of hydrogen-bond acceptors (Lipinski definition) is 3. The Balaban J connectivity index is 2.06. The van der Waals surface area contributed by atoms with E-state index in [4.69, 9.17) is 5.73 Å². The van der Waals surface area contributed by atoms with Crippen molar-refractivity contribution in [2.75, 3.05) is 11.1 Å². The average molecular weight is 346 g/mol. The van der Waals surface area contributed by atoms with Crippen LogP contribution < -0.4 is 11.1 Å². The Hall–Kier alpha value is -2.14. The Morgan fingerprint density at radius 3 is 2.81 bits per heavy atom. The molecule has 0 bridgehead atoms. The standard InChI is InChI=1S/C16H13BrFN3/c1-9-6-13(18)12(17)7-15(9)21-14-3-2-10-8-20-5-4-11(10)16(14)19/h2-8,21H,19H2,1H3. The van der Waals surface area contributed by atoms with E-state index in [0.29, 0.717) is 10.2 Å². The molecule has 5 heteroatoms. The van der Waals surface area contributed by atoms with Gasteiger partial charge < -0.3 is 11.1 Å². The van der Waals surface area contributed by atoms with Crippen LogP contribution in [-0.2, 0) is 0 Å². The fourth-order valence-corrected chi connectivity index (χ4v) is 2.57. The summed E-state index contributed by atoms with van der Waals surface area (Å²) in [6.45, 7) is 1.85. The first-order valence-corrected chi connectivity index (χ1v) is 7.20. The molecule has 1 heterocycles. The van der Waals surface area contributed by atoms with Crippen molar-refractivity contribution in [1.82, 2.24) is 4.98 Å². The van der Waals surface area contributed by atoms with Gasteiger partial charge in [-0.3, -0.25) is 4.98 Å². The molecule has 0 saturated carbocycles. The number of nitrogens with two attached hydrogens (primary N) is 1. The highest BCUT2D eigenvalue weighted by molar-refractivity contribution is 9.10. The summed E-state index contributed by atoms with van der Waals surface area (Å²) in [5.74, 6) is -0.282. The fraction of sp³-hybridized carbons (Fsp3) is 0.0625. The molecule has 2 aromatic carbocycles. The molecule has 0 radical (unpaired) electrons. The highest BCUT2D eigenvalue weighted by Crippen LogP contribution is 2.33. The average Bonchev–Trinajstić information content (AvgIpc) is 2.48. The summed E-state index contributed by atoms with van der Waals surface area (Å²) in [6, 6.07) is 8.92. The van der Waals surface area contributed by atoms with E-state index >= 15 is 0 Å². The van der Waals surface area contributed by atoms with E-state index in [1.54, 1.807) is 18.5 Å². The quantitative estimate of drug-likeness (QED) is 0.657. The summed E-state index contributed by atoms with van der Waals surface area (Å²) < 4.78 is 13.9. The predicted octanol–water partition coefficient (Wildman–Crippen LogP) is 4.77. The summed E-state index contributed by atoms with van der Waals surface area (Å²) in [7, 11) is 0. The molecule has 21 heavy (non-hydrogen) atoms. The van der Waals surface area contributed by atoms with Crippen molar-refractivity contribution in [3.05, 3.63) is 58.6 Å². The van der Waals surface area contributed by atoms with E-state index in [2.05, 4.69) is 26.2 Å². The lowest BCUT2D eigenvalue weighted by Crippen LogP contribution is -1.99. The molecular weight excluding hydrogens is 333 g/mol. The van der Waals surface area contributed by atoms with Crippen LogP contribution in [0.3, 0.4) is 0 Å². The second-order valence-corrected chi connectivity index (χ2v) is 5.68. The number of rotatable bonds is 2. The maximum absolute atomic E-state index is 13.5. The van der Waals surface area contributed by atoms with Gasteiger partial charge in [0.15, 0.2) is 0 Å². The number of hydrogen-bond donors (Lipinski definition) is 2. The number of anilines is 3. The van der Waals surface area contributed by atoms with Gasteiger partial charge in [0.2, 0.25) is 0 Å². The molecule has 3 nitrogen and oxygen atoms in total. The number of nitrogens with one attached hydrogen (secondary N) is 1. The highest BCUT2D eigenvalue weighted by atomic mass is 79.9. The summed E-state index contributed by atoms with van der Waals surface area (Å²) in [4.78, 5) is 4.08. The van der Waals surface area contributed by atoms with Gasteiger partial charge in [0.05, 0.1) is 15.8 Å². The number of benzene rings is 2. The largest absolute Gasteiger partial charge is 0.397 e. The lowest BCUT2D eigenvalue weighted by molar-refractivity contribution is 0.620. The predicted molar refractivity (Wildman–Crippen MR) is 88.3 cm³/mol. The number of aromatic nitrogens is 1. The van der Waals surface area contributed by atoms with E-state index in [-0.39, 0.29) is 5.82 Å². The minimum atomic E-state index is -0.282. The summed E-state index contributed by atoms with van der Waals surface area (Å²) in [5, 5.41) is 5.18. The van der Waals surface area contributed by atoms with Gasteiger partial charge in [0.25, 0.3) is 0 Å². The van der Waals surface area contributed by atoms with Gasteiger partial charge >= 0.3 is 0 Å². The Bertz CT molecular complexity index is 833. The molecule has 0 saturated heterocycles. The third-order valence-corrected chi connectivity index (χ3v) is 4.01. The maximum Gasteiger partial charge on any atom is 0.137 e. The maximum atomic E-state index is 13.5. The van der Waals surface area contributed by atoms with E-state index in [1.807, 2.05) is 25.1 Å². The van der Waals surface area contributed by atoms with Gasteiger partial charge in [0.1, 0.15) is 5.82 Å². The Labute approximate surface area is 130 Å². The molecule has 0 amide bonds. The van der Waals surface area contributed by atoms with Crippen molar-refractivity contribution in [1.29, 1.82) is 0 Å². The van der Waals surface area contributed by atoms with Gasteiger partial charge in [-0.25, -0.2) is 4.39 Å². The fourth-order valence-electron chi connectivity index (χ4n) is 2.23. The summed E-state index contributed by atoms with van der Waals surface area (Å²) in [5.41, 5.74) is 9.26. The zero-order chi connectivity index (χ0) is 15.0. The lowest BCUT2D eigenvalue weighted by atomic mass is 10.1. The van der Waals surface area contributed by atoms with Crippen molar-refractivity contribution in [3.63, 3.8) is 0 Å². The van der Waals surface area contributed by atoms with Crippen molar-refractivity contribution < 1.29 is 4.39 Å². The summed E-state index contributed by atoms with van der Waals surface area (Å²) >= 11 is 3.20. The Morgan fingerprint density at radius 1 is 1.19 bits per heavy atom. The molecule has 106 valence electrons. The van der Waals surface area contributed by atoms with E-state index in [9.17, 15) is 4.39 Å². The van der Waals surface area contributed by atoms with Gasteiger partial charge in [0, 0.05) is 28.9 Å². The third-order valence-electron chi connectivity index (χ3n) is 3.40. The van der Waals surface area contributed by atoms with Gasteiger partial charge in [-0.15, -0.1) is 0 Å². The first-order valence-electron chi connectivity index (χ1n) is 6.41. The molecule has 0 unspecified atom stereocenters. The lowest BCUT2D eigenvalue weighted by Gasteiger charge is -2.14. The smallest absolute Gasteiger partial charge is 0.137 e. The first kappa shape index (κ1) is 13.8. The Kier molecular flexibility index (Phi) is 3.51. The van der Waals surface area contributed by atoms with Crippen LogP contribution in [-0.4, -0.2) is 4.98 Å². The van der Waals surface area contributed by atoms with Crippen LogP contribution in [0.5, 0.6) is 0 Å². The van der Waals surface area contributed by atoms with E-state index in [0.717, 1.165) is 27.7 Å². The second kappa shape index (κ2) is 5.33. The minimum Gasteiger partial charge on any atom is -0.397 e. The second-order valence-electron chi connectivity index (χ2n) is 4.83. The van der Waals surface area contributed by atoms with Crippen molar-refractivity contribution in [3.8, 4) is 0 Å². The number of halogens is 2. The van der Waals surface area contributed by atoms with Crippen LogP contribution in [0.4, 0.5) is 21.5 Å². The zero-order valence-electron chi connectivity index (χ0n) is 11.3. The van der Waals surface area contributed by atoms with Crippen LogP contribution in [0.15, 0.2) is 47.2 Å². The number of aryl methyl sites for hydroxylation is 1.